The first-order valence-corrected chi connectivity index (χ1v) is 7.85. The summed E-state index contributed by atoms with van der Waals surface area (Å²) < 4.78 is 4.92. The summed E-state index contributed by atoms with van der Waals surface area (Å²) in [5.74, 6) is -1.79. The van der Waals surface area contributed by atoms with Gasteiger partial charge in [0.1, 0.15) is 6.04 Å². The molecule has 1 atom stereocenters. The largest absolute Gasteiger partial charge is 0.480 e. The minimum Gasteiger partial charge on any atom is -0.480 e. The zero-order chi connectivity index (χ0) is 16.7. The summed E-state index contributed by atoms with van der Waals surface area (Å²) in [6.07, 6.45) is 1.59. The summed E-state index contributed by atoms with van der Waals surface area (Å²) in [5, 5.41) is 17.8. The van der Waals surface area contributed by atoms with Gasteiger partial charge in [0, 0.05) is 19.4 Å². The lowest BCUT2D eigenvalue weighted by atomic mass is 10.1. The molecule has 2 heterocycles. The lowest BCUT2D eigenvalue weighted by Crippen LogP contribution is -2.43. The molecule has 0 aliphatic carbocycles. The molecule has 122 valence electrons. The number of aliphatic carboxylic acids is 1. The molecule has 23 heavy (non-hydrogen) atoms. The highest BCUT2D eigenvalue weighted by Crippen LogP contribution is 2.09. The molecule has 0 spiro atoms. The Hall–Kier alpha value is -2.61. The summed E-state index contributed by atoms with van der Waals surface area (Å²) in [6.45, 7) is 0.0934. The van der Waals surface area contributed by atoms with Crippen molar-refractivity contribution < 1.29 is 23.9 Å². The van der Waals surface area contributed by atoms with Gasteiger partial charge in [0.2, 0.25) is 5.91 Å². The summed E-state index contributed by atoms with van der Waals surface area (Å²) in [7, 11) is 0. The van der Waals surface area contributed by atoms with E-state index in [0.29, 0.717) is 0 Å². The maximum absolute atomic E-state index is 11.8. The highest BCUT2D eigenvalue weighted by Gasteiger charge is 2.20. The summed E-state index contributed by atoms with van der Waals surface area (Å²) >= 11 is 1.47. The first-order valence-electron chi connectivity index (χ1n) is 6.91. The fourth-order valence-corrected chi connectivity index (χ4v) is 2.58. The fraction of sp³-hybridized carbons (Fsp3) is 0.267. The molecule has 0 radical (unpaired) electrons. The van der Waals surface area contributed by atoms with Crippen LogP contribution in [0, 0.1) is 0 Å². The zero-order valence-electron chi connectivity index (χ0n) is 12.2. The maximum Gasteiger partial charge on any atom is 0.326 e. The smallest absolute Gasteiger partial charge is 0.326 e. The molecule has 2 amide bonds. The van der Waals surface area contributed by atoms with E-state index in [1.165, 1.54) is 23.7 Å². The molecule has 8 heteroatoms. The molecule has 7 nitrogen and oxygen atoms in total. The molecule has 0 bridgehead atoms. The van der Waals surface area contributed by atoms with Crippen LogP contribution in [-0.2, 0) is 16.0 Å². The number of carbonyl (C=O) groups is 3. The Morgan fingerprint density at radius 2 is 2.13 bits per heavy atom. The van der Waals surface area contributed by atoms with E-state index in [2.05, 4.69) is 10.6 Å². The van der Waals surface area contributed by atoms with Gasteiger partial charge in [0.15, 0.2) is 5.76 Å². The third-order valence-electron chi connectivity index (χ3n) is 3.04. The number of furan rings is 1. The van der Waals surface area contributed by atoms with Gasteiger partial charge in [-0.05, 0) is 34.5 Å². The van der Waals surface area contributed by atoms with Crippen molar-refractivity contribution in [2.75, 3.05) is 6.54 Å². The minimum atomic E-state index is -1.09. The Labute approximate surface area is 136 Å². The average molecular weight is 336 g/mol. The standard InChI is InChI=1S/C15H16N2O5S/c18-13(3-5-16-14(19)12-2-1-6-22-12)17-11(15(20)21)8-10-4-7-23-9-10/h1-2,4,6-7,9,11H,3,5,8H2,(H,16,19)(H,17,18)(H,20,21). The zero-order valence-corrected chi connectivity index (χ0v) is 13.0. The van der Waals surface area contributed by atoms with Gasteiger partial charge in [-0.2, -0.15) is 11.3 Å². The van der Waals surface area contributed by atoms with Crippen LogP contribution < -0.4 is 10.6 Å². The molecule has 0 saturated carbocycles. The molecule has 0 saturated heterocycles. The SMILES string of the molecule is O=C(CCNC(=O)c1ccco1)NC(Cc1ccsc1)C(=O)O. The first kappa shape index (κ1) is 16.8. The van der Waals surface area contributed by atoms with Gasteiger partial charge in [-0.3, -0.25) is 9.59 Å². The Bertz CT molecular complexity index is 651. The summed E-state index contributed by atoms with van der Waals surface area (Å²) in [6, 6.07) is 3.93. The van der Waals surface area contributed by atoms with E-state index >= 15 is 0 Å². The van der Waals surface area contributed by atoms with Crippen LogP contribution in [0.3, 0.4) is 0 Å². The van der Waals surface area contributed by atoms with E-state index in [0.717, 1.165) is 5.56 Å². The second-order valence-electron chi connectivity index (χ2n) is 4.78. The van der Waals surface area contributed by atoms with Gasteiger partial charge in [-0.15, -0.1) is 0 Å². The van der Waals surface area contributed by atoms with Crippen molar-refractivity contribution in [1.82, 2.24) is 10.6 Å². The van der Waals surface area contributed by atoms with Gasteiger partial charge in [-0.25, -0.2) is 4.79 Å². The Morgan fingerprint density at radius 1 is 1.30 bits per heavy atom. The lowest BCUT2D eigenvalue weighted by molar-refractivity contribution is -0.141. The molecule has 1 unspecified atom stereocenters. The normalized spacial score (nSPS) is 11.7. The lowest BCUT2D eigenvalue weighted by Gasteiger charge is -2.14. The van der Waals surface area contributed by atoms with Gasteiger partial charge in [0.25, 0.3) is 5.91 Å². The van der Waals surface area contributed by atoms with Gasteiger partial charge in [-0.1, -0.05) is 0 Å². The molecule has 3 N–H and O–H groups in total. The molecule has 0 aliphatic heterocycles. The van der Waals surface area contributed by atoms with Crippen molar-refractivity contribution in [1.29, 1.82) is 0 Å². The average Bonchev–Trinajstić information content (AvgIpc) is 3.19. The van der Waals surface area contributed by atoms with Crippen molar-refractivity contribution in [3.05, 3.63) is 46.5 Å². The van der Waals surface area contributed by atoms with Crippen LogP contribution in [0.1, 0.15) is 22.5 Å². The van der Waals surface area contributed by atoms with Crippen molar-refractivity contribution in [2.24, 2.45) is 0 Å². The molecule has 0 aromatic carbocycles. The molecule has 0 fully saturated rings. The van der Waals surface area contributed by atoms with Gasteiger partial charge < -0.3 is 20.2 Å². The third kappa shape index (κ3) is 5.26. The van der Waals surface area contributed by atoms with E-state index in [9.17, 15) is 14.4 Å². The van der Waals surface area contributed by atoms with Crippen molar-refractivity contribution >= 4 is 29.1 Å². The Morgan fingerprint density at radius 3 is 2.74 bits per heavy atom. The monoisotopic (exact) mass is 336 g/mol. The van der Waals surface area contributed by atoms with Crippen LogP contribution in [0.5, 0.6) is 0 Å². The number of thiophene rings is 1. The topological polar surface area (TPSA) is 109 Å². The molecule has 2 rings (SSSR count). The van der Waals surface area contributed by atoms with Gasteiger partial charge in [0.05, 0.1) is 6.26 Å². The number of hydrogen-bond acceptors (Lipinski definition) is 5. The van der Waals surface area contributed by atoms with E-state index in [1.807, 2.05) is 16.8 Å². The number of carbonyl (C=O) groups excluding carboxylic acids is 2. The van der Waals surface area contributed by atoms with Crippen LogP contribution >= 0.6 is 11.3 Å². The number of carboxylic acid groups (broad SMARTS) is 1. The van der Waals surface area contributed by atoms with Crippen LogP contribution in [-0.4, -0.2) is 35.5 Å². The fourth-order valence-electron chi connectivity index (χ4n) is 1.90. The predicted molar refractivity (Wildman–Crippen MR) is 83.2 cm³/mol. The second-order valence-corrected chi connectivity index (χ2v) is 5.56. The van der Waals surface area contributed by atoms with E-state index < -0.39 is 23.8 Å². The molecule has 2 aromatic rings. The molecule has 2 aromatic heterocycles. The highest BCUT2D eigenvalue weighted by atomic mass is 32.1. The van der Waals surface area contributed by atoms with Gasteiger partial charge >= 0.3 is 5.97 Å². The second kappa shape index (κ2) is 8.14. The molecular weight excluding hydrogens is 320 g/mol. The predicted octanol–water partition coefficient (Wildman–Crippen LogP) is 1.27. The van der Waals surface area contributed by atoms with Crippen LogP contribution in [0.4, 0.5) is 0 Å². The van der Waals surface area contributed by atoms with Crippen molar-refractivity contribution in [3.63, 3.8) is 0 Å². The first-order chi connectivity index (χ1) is 11.1. The quantitative estimate of drug-likeness (QED) is 0.673. The molecular formula is C15H16N2O5S. The maximum atomic E-state index is 11.8. The number of amides is 2. The number of carboxylic acids is 1. The van der Waals surface area contributed by atoms with E-state index in [1.54, 1.807) is 6.07 Å². The number of hydrogen-bond donors (Lipinski definition) is 3. The highest BCUT2D eigenvalue weighted by molar-refractivity contribution is 7.07. The van der Waals surface area contributed by atoms with Crippen molar-refractivity contribution in [2.45, 2.75) is 18.9 Å². The Balaban J connectivity index is 1.75. The number of nitrogens with one attached hydrogen (secondary N) is 2. The minimum absolute atomic E-state index is 0.0140. The summed E-state index contributed by atoms with van der Waals surface area (Å²) in [5.41, 5.74) is 0.855. The van der Waals surface area contributed by atoms with Crippen LogP contribution in [0.25, 0.3) is 0 Å². The summed E-state index contributed by atoms with van der Waals surface area (Å²) in [4.78, 5) is 34.6. The molecule has 0 aliphatic rings. The van der Waals surface area contributed by atoms with Crippen LogP contribution in [0.2, 0.25) is 0 Å². The Kier molecular flexibility index (Phi) is 5.93. The van der Waals surface area contributed by atoms with E-state index in [-0.39, 0.29) is 25.1 Å². The third-order valence-corrected chi connectivity index (χ3v) is 3.77. The van der Waals surface area contributed by atoms with Crippen molar-refractivity contribution in [3.8, 4) is 0 Å². The number of rotatable bonds is 8. The van der Waals surface area contributed by atoms with Crippen LogP contribution in [0.15, 0.2) is 39.6 Å². The van der Waals surface area contributed by atoms with E-state index in [4.69, 9.17) is 9.52 Å².